The van der Waals surface area contributed by atoms with Crippen molar-refractivity contribution in [3.63, 3.8) is 0 Å². The molecule has 2 N–H and O–H groups in total. The number of anilines is 1. The van der Waals surface area contributed by atoms with Crippen LogP contribution in [0.25, 0.3) is 0 Å². The first-order valence-corrected chi connectivity index (χ1v) is 10.3. The van der Waals surface area contributed by atoms with E-state index in [0.717, 1.165) is 69.9 Å². The van der Waals surface area contributed by atoms with Crippen LogP contribution in [-0.2, 0) is 11.2 Å². The summed E-state index contributed by atoms with van der Waals surface area (Å²) in [5.41, 5.74) is 0.748. The van der Waals surface area contributed by atoms with E-state index in [2.05, 4.69) is 16.4 Å². The summed E-state index contributed by atoms with van der Waals surface area (Å²) in [5.74, 6) is 0.972. The van der Waals surface area contributed by atoms with E-state index in [1.54, 1.807) is 13.3 Å². The van der Waals surface area contributed by atoms with Gasteiger partial charge in [-0.05, 0) is 64.2 Å². The van der Waals surface area contributed by atoms with Crippen LogP contribution in [-0.4, -0.2) is 39.9 Å². The number of ether oxygens (including phenoxy) is 1. The minimum absolute atomic E-state index is 0. The number of hydrogen-bond donors (Lipinski definition) is 2. The van der Waals surface area contributed by atoms with E-state index in [1.165, 1.54) is 0 Å². The number of methoxy groups -OCH3 is 1. The van der Waals surface area contributed by atoms with Crippen LogP contribution in [0.2, 0.25) is 0 Å². The molecule has 1 aromatic heterocycles. The Labute approximate surface area is 163 Å². The Morgan fingerprint density at radius 2 is 2.11 bits per heavy atom. The first kappa shape index (κ1) is 20.0. The van der Waals surface area contributed by atoms with Gasteiger partial charge in [0, 0.05) is 14.6 Å². The van der Waals surface area contributed by atoms with Gasteiger partial charge in [-0.1, -0.05) is 12.8 Å². The van der Waals surface area contributed by atoms with Crippen LogP contribution < -0.4 is 5.32 Å². The lowest BCUT2D eigenvalue weighted by atomic mass is 9.87. The lowest BCUT2D eigenvalue weighted by molar-refractivity contribution is 0.0318. The largest absolute Gasteiger partial charge is 0.390 e. The van der Waals surface area contributed by atoms with Gasteiger partial charge in [0.15, 0.2) is 0 Å². The third-order valence-electron chi connectivity index (χ3n) is 6.12. The number of aliphatic hydroxyl groups is 1. The Hall–Kier alpha value is -1.71. The molecule has 6 heteroatoms. The zero-order valence-corrected chi connectivity index (χ0v) is 16.6. The molecule has 0 aromatic carbocycles. The smallest absolute Gasteiger partial charge is 0.223 e. The number of nitrogens with zero attached hydrogens (tertiary/aromatic N) is 3. The molecule has 2 aliphatic rings. The van der Waals surface area contributed by atoms with Crippen LogP contribution in [0.5, 0.6) is 0 Å². The van der Waals surface area contributed by atoms with E-state index in [4.69, 9.17) is 9.72 Å². The number of nitriles is 1. The molecule has 0 unspecified atom stereocenters. The summed E-state index contributed by atoms with van der Waals surface area (Å²) in [5, 5.41) is 23.4. The lowest BCUT2D eigenvalue weighted by Crippen LogP contribution is -2.30. The second-order valence-corrected chi connectivity index (χ2v) is 8.54. The Morgan fingerprint density at radius 1 is 1.33 bits per heavy atom. The third kappa shape index (κ3) is 5.63. The standard InChI is InChI=1S/C21H32N4O2.H2/c1-21(26)10-4-3-5-15(12-21)11-19-16(13-22)14-23-20(25-19)24-17-6-8-18(27-2)9-7-17;/h14-15,17-18,26H,3-12H2,1-2H3,(H,23,24,25);1H/t15-,17?,18?,21-;/m1./s1. The van der Waals surface area contributed by atoms with Gasteiger partial charge < -0.3 is 15.2 Å². The SMILES string of the molecule is COC1CCC(Nc2ncc(C#N)c(C[C@H]3CCCC[C@@](C)(O)C3)n2)CC1.[HH]. The van der Waals surface area contributed by atoms with Gasteiger partial charge in [0.25, 0.3) is 0 Å². The van der Waals surface area contributed by atoms with Gasteiger partial charge in [-0.2, -0.15) is 5.26 Å². The predicted octanol–water partition coefficient (Wildman–Crippen LogP) is 3.84. The Kier molecular flexibility index (Phi) is 6.67. The van der Waals surface area contributed by atoms with Crippen LogP contribution in [0.1, 0.15) is 77.4 Å². The van der Waals surface area contributed by atoms with E-state index in [0.29, 0.717) is 29.6 Å². The zero-order chi connectivity index (χ0) is 19.3. The van der Waals surface area contributed by atoms with Crippen molar-refractivity contribution in [1.82, 2.24) is 9.97 Å². The minimum atomic E-state index is -0.609. The van der Waals surface area contributed by atoms with Gasteiger partial charge in [-0.15, -0.1) is 0 Å². The highest BCUT2D eigenvalue weighted by Gasteiger charge is 2.29. The zero-order valence-electron chi connectivity index (χ0n) is 16.6. The van der Waals surface area contributed by atoms with Crippen molar-refractivity contribution in [3.8, 4) is 6.07 Å². The quantitative estimate of drug-likeness (QED) is 0.761. The molecule has 0 radical (unpaired) electrons. The van der Waals surface area contributed by atoms with E-state index >= 15 is 0 Å². The van der Waals surface area contributed by atoms with Crippen LogP contribution in [0.4, 0.5) is 5.95 Å². The first-order chi connectivity index (χ1) is 13.0. The topological polar surface area (TPSA) is 91.1 Å². The fourth-order valence-corrected chi connectivity index (χ4v) is 4.57. The molecule has 6 nitrogen and oxygen atoms in total. The highest BCUT2D eigenvalue weighted by atomic mass is 16.5. The summed E-state index contributed by atoms with van der Waals surface area (Å²) in [6.07, 6.45) is 11.8. The van der Waals surface area contributed by atoms with Crippen molar-refractivity contribution in [1.29, 1.82) is 5.26 Å². The molecule has 0 spiro atoms. The summed E-state index contributed by atoms with van der Waals surface area (Å²) < 4.78 is 5.44. The molecule has 3 rings (SSSR count). The predicted molar refractivity (Wildman–Crippen MR) is 106 cm³/mol. The molecule has 0 bridgehead atoms. The van der Waals surface area contributed by atoms with Crippen molar-refractivity contribution in [2.75, 3.05) is 12.4 Å². The molecule has 0 saturated heterocycles. The fraction of sp³-hybridized carbons (Fsp3) is 0.762. The summed E-state index contributed by atoms with van der Waals surface area (Å²) in [6, 6.07) is 2.59. The number of aromatic nitrogens is 2. The fourth-order valence-electron chi connectivity index (χ4n) is 4.57. The maximum absolute atomic E-state index is 10.5. The third-order valence-corrected chi connectivity index (χ3v) is 6.12. The second kappa shape index (κ2) is 8.99. The number of hydrogen-bond acceptors (Lipinski definition) is 6. The van der Waals surface area contributed by atoms with Crippen molar-refractivity contribution in [2.24, 2.45) is 5.92 Å². The van der Waals surface area contributed by atoms with Gasteiger partial charge >= 0.3 is 0 Å². The molecule has 2 fully saturated rings. The van der Waals surface area contributed by atoms with E-state index in [1.807, 2.05) is 6.92 Å². The molecule has 2 saturated carbocycles. The van der Waals surface area contributed by atoms with Gasteiger partial charge in [-0.3, -0.25) is 0 Å². The molecule has 2 aliphatic carbocycles. The molecular formula is C21H34N4O2. The molecule has 27 heavy (non-hydrogen) atoms. The van der Waals surface area contributed by atoms with Crippen molar-refractivity contribution in [2.45, 2.75) is 88.9 Å². The van der Waals surface area contributed by atoms with Crippen LogP contribution in [0.3, 0.4) is 0 Å². The lowest BCUT2D eigenvalue weighted by Gasteiger charge is -2.28. The first-order valence-electron chi connectivity index (χ1n) is 10.3. The maximum atomic E-state index is 10.5. The van der Waals surface area contributed by atoms with E-state index < -0.39 is 5.60 Å². The Balaban J connectivity index is 0.00000280. The summed E-state index contributed by atoms with van der Waals surface area (Å²) >= 11 is 0. The van der Waals surface area contributed by atoms with E-state index in [-0.39, 0.29) is 1.43 Å². The molecule has 150 valence electrons. The average molecular weight is 375 g/mol. The average Bonchev–Trinajstić information content (AvgIpc) is 2.82. The van der Waals surface area contributed by atoms with Crippen LogP contribution >= 0.6 is 0 Å². The van der Waals surface area contributed by atoms with Crippen LogP contribution in [0, 0.1) is 17.2 Å². The highest BCUT2D eigenvalue weighted by molar-refractivity contribution is 5.37. The van der Waals surface area contributed by atoms with Crippen molar-refractivity contribution >= 4 is 5.95 Å². The van der Waals surface area contributed by atoms with Gasteiger partial charge in [0.05, 0.1) is 29.2 Å². The Morgan fingerprint density at radius 3 is 2.81 bits per heavy atom. The minimum Gasteiger partial charge on any atom is -0.390 e. The van der Waals surface area contributed by atoms with Gasteiger partial charge in [0.1, 0.15) is 6.07 Å². The highest BCUT2D eigenvalue weighted by Crippen LogP contribution is 2.33. The van der Waals surface area contributed by atoms with Gasteiger partial charge in [-0.25, -0.2) is 9.97 Å². The summed E-state index contributed by atoms with van der Waals surface area (Å²) in [6.45, 7) is 1.93. The van der Waals surface area contributed by atoms with E-state index in [9.17, 15) is 10.4 Å². The van der Waals surface area contributed by atoms with Crippen molar-refractivity contribution in [3.05, 3.63) is 17.5 Å². The molecule has 2 atom stereocenters. The normalized spacial score (nSPS) is 31.7. The Bertz CT molecular complexity index is 669. The molecule has 0 aliphatic heterocycles. The van der Waals surface area contributed by atoms with Crippen LogP contribution in [0.15, 0.2) is 6.20 Å². The molecule has 1 aromatic rings. The van der Waals surface area contributed by atoms with Gasteiger partial charge in [0.2, 0.25) is 5.95 Å². The molecular weight excluding hydrogens is 340 g/mol. The monoisotopic (exact) mass is 374 g/mol. The number of nitrogens with one attached hydrogen (secondary N) is 1. The summed E-state index contributed by atoms with van der Waals surface area (Å²) in [7, 11) is 1.78. The summed E-state index contributed by atoms with van der Waals surface area (Å²) in [4.78, 5) is 9.05. The second-order valence-electron chi connectivity index (χ2n) is 8.54. The number of rotatable bonds is 5. The molecule has 1 heterocycles. The van der Waals surface area contributed by atoms with Crippen molar-refractivity contribution < 1.29 is 11.3 Å². The molecule has 0 amide bonds. The maximum Gasteiger partial charge on any atom is 0.223 e.